The number of nitriles is 1. The number of rotatable bonds is 4. The first-order valence-electron chi connectivity index (χ1n) is 10.4. The summed E-state index contributed by atoms with van der Waals surface area (Å²) in [5.41, 5.74) is 3.85. The van der Waals surface area contributed by atoms with E-state index in [4.69, 9.17) is 0 Å². The lowest BCUT2D eigenvalue weighted by molar-refractivity contribution is 0.102. The molecule has 1 aliphatic rings. The van der Waals surface area contributed by atoms with Gasteiger partial charge in [-0.25, -0.2) is 4.68 Å². The van der Waals surface area contributed by atoms with Gasteiger partial charge in [-0.15, -0.1) is 0 Å². The predicted molar refractivity (Wildman–Crippen MR) is 117 cm³/mol. The van der Waals surface area contributed by atoms with E-state index in [9.17, 15) is 15.2 Å². The summed E-state index contributed by atoms with van der Waals surface area (Å²) >= 11 is 0. The van der Waals surface area contributed by atoms with E-state index >= 15 is 0 Å². The molecule has 1 aliphatic carbocycles. The Bertz CT molecular complexity index is 1120. The van der Waals surface area contributed by atoms with Crippen molar-refractivity contribution in [2.24, 2.45) is 0 Å². The van der Waals surface area contributed by atoms with E-state index in [1.54, 1.807) is 29.2 Å². The van der Waals surface area contributed by atoms with Gasteiger partial charge in [0.15, 0.2) is 0 Å². The summed E-state index contributed by atoms with van der Waals surface area (Å²) in [5, 5.41) is 26.7. The number of carbonyl (C=O) groups is 1. The lowest BCUT2D eigenvalue weighted by Gasteiger charge is -2.32. The molecule has 2 N–H and O–H groups in total. The average molecular weight is 415 g/mol. The number of benzene rings is 1. The van der Waals surface area contributed by atoms with Crippen molar-refractivity contribution in [3.8, 4) is 11.8 Å². The summed E-state index contributed by atoms with van der Waals surface area (Å²) in [6.07, 6.45) is 5.16. The number of carbonyl (C=O) groups excluding carboxylic acids is 1. The molecule has 2 heterocycles. The summed E-state index contributed by atoms with van der Waals surface area (Å²) < 4.78 is 1.74. The van der Waals surface area contributed by atoms with Crippen molar-refractivity contribution >= 4 is 11.6 Å². The number of anilines is 1. The number of aliphatic hydroxyl groups excluding tert-OH is 1. The lowest BCUT2D eigenvalue weighted by Crippen LogP contribution is -2.33. The minimum Gasteiger partial charge on any atom is -0.393 e. The van der Waals surface area contributed by atoms with E-state index in [1.807, 2.05) is 38.1 Å². The van der Waals surface area contributed by atoms with Gasteiger partial charge in [-0.2, -0.15) is 10.4 Å². The molecule has 0 radical (unpaired) electrons. The Balaban J connectivity index is 1.49. The molecule has 4 rings (SSSR count). The molecule has 7 nitrogen and oxygen atoms in total. The number of nitrogens with one attached hydrogen (secondary N) is 1. The fourth-order valence-electron chi connectivity index (χ4n) is 4.05. The van der Waals surface area contributed by atoms with Crippen LogP contribution in [0.1, 0.15) is 53.0 Å². The third kappa shape index (κ3) is 4.07. The standard InChI is InChI=1S/C24H25N5O2/c1-16-3-6-19(7-4-16)29-17(2)21(14-27-29)23(31)28-18-5-8-22(26-13-18)24(15-25)11-9-20(30)10-12-24/h3-8,13-14,20,30H,9-12H2,1-2H3,(H,28,31). The average Bonchev–Trinajstić information content (AvgIpc) is 3.17. The Morgan fingerprint density at radius 1 is 1.16 bits per heavy atom. The first-order chi connectivity index (χ1) is 14.9. The van der Waals surface area contributed by atoms with Gasteiger partial charge in [0.1, 0.15) is 0 Å². The van der Waals surface area contributed by atoms with Crippen molar-refractivity contribution in [1.29, 1.82) is 5.26 Å². The zero-order valence-electron chi connectivity index (χ0n) is 17.7. The van der Waals surface area contributed by atoms with Gasteiger partial charge in [-0.3, -0.25) is 9.78 Å². The third-order valence-electron chi connectivity index (χ3n) is 6.07. The van der Waals surface area contributed by atoms with E-state index in [0.717, 1.165) is 16.9 Å². The van der Waals surface area contributed by atoms with Crippen LogP contribution < -0.4 is 5.32 Å². The summed E-state index contributed by atoms with van der Waals surface area (Å²) in [5.74, 6) is -0.263. The quantitative estimate of drug-likeness (QED) is 0.674. The summed E-state index contributed by atoms with van der Waals surface area (Å²) in [4.78, 5) is 17.3. The van der Waals surface area contributed by atoms with Crippen LogP contribution in [0.5, 0.6) is 0 Å². The maximum absolute atomic E-state index is 12.8. The molecular weight excluding hydrogens is 390 g/mol. The van der Waals surface area contributed by atoms with Crippen molar-refractivity contribution < 1.29 is 9.90 Å². The minimum atomic E-state index is -0.673. The van der Waals surface area contributed by atoms with Gasteiger partial charge in [-0.1, -0.05) is 17.7 Å². The fourth-order valence-corrected chi connectivity index (χ4v) is 4.05. The molecule has 7 heteroatoms. The van der Waals surface area contributed by atoms with Crippen LogP contribution >= 0.6 is 0 Å². The number of pyridine rings is 1. The zero-order chi connectivity index (χ0) is 22.0. The van der Waals surface area contributed by atoms with Crippen LogP contribution in [0.2, 0.25) is 0 Å². The molecule has 3 aromatic rings. The first kappa shape index (κ1) is 20.8. The van der Waals surface area contributed by atoms with Crippen LogP contribution in [-0.2, 0) is 5.41 Å². The Morgan fingerprint density at radius 2 is 1.87 bits per heavy atom. The molecule has 0 atom stereocenters. The number of nitrogens with zero attached hydrogens (tertiary/aromatic N) is 4. The van der Waals surface area contributed by atoms with Gasteiger partial charge in [0, 0.05) is 0 Å². The van der Waals surface area contributed by atoms with Gasteiger partial charge >= 0.3 is 0 Å². The molecule has 0 unspecified atom stereocenters. The second-order valence-electron chi connectivity index (χ2n) is 8.20. The molecular formula is C24H25N5O2. The molecule has 0 spiro atoms. The van der Waals surface area contributed by atoms with Crippen LogP contribution in [0.3, 0.4) is 0 Å². The van der Waals surface area contributed by atoms with Gasteiger partial charge < -0.3 is 10.4 Å². The van der Waals surface area contributed by atoms with Crippen molar-refractivity contribution in [3.05, 3.63) is 71.3 Å². The highest BCUT2D eigenvalue weighted by Crippen LogP contribution is 2.38. The number of hydrogen-bond donors (Lipinski definition) is 2. The van der Waals surface area contributed by atoms with Crippen molar-refractivity contribution in [1.82, 2.24) is 14.8 Å². The second kappa shape index (κ2) is 8.32. The van der Waals surface area contributed by atoms with Crippen molar-refractivity contribution in [3.63, 3.8) is 0 Å². The third-order valence-corrected chi connectivity index (χ3v) is 6.07. The highest BCUT2D eigenvalue weighted by atomic mass is 16.3. The van der Waals surface area contributed by atoms with Gasteiger partial charge in [0.25, 0.3) is 5.91 Å². The molecule has 0 bridgehead atoms. The largest absolute Gasteiger partial charge is 0.393 e. The van der Waals surface area contributed by atoms with Crippen LogP contribution in [-0.4, -0.2) is 31.9 Å². The highest BCUT2D eigenvalue weighted by molar-refractivity contribution is 6.04. The molecule has 1 aromatic carbocycles. The number of hydrogen-bond acceptors (Lipinski definition) is 5. The van der Waals surface area contributed by atoms with E-state index in [0.29, 0.717) is 42.6 Å². The van der Waals surface area contributed by atoms with Gasteiger partial charge in [0.05, 0.1) is 58.3 Å². The van der Waals surface area contributed by atoms with Crippen molar-refractivity contribution in [2.45, 2.75) is 51.0 Å². The molecule has 31 heavy (non-hydrogen) atoms. The van der Waals surface area contributed by atoms with E-state index in [-0.39, 0.29) is 12.0 Å². The number of aryl methyl sites for hydroxylation is 1. The van der Waals surface area contributed by atoms with E-state index < -0.39 is 5.41 Å². The van der Waals surface area contributed by atoms with Crippen LogP contribution in [0.25, 0.3) is 5.69 Å². The first-order valence-corrected chi connectivity index (χ1v) is 10.4. The minimum absolute atomic E-state index is 0.263. The molecule has 1 saturated carbocycles. The number of aliphatic hydroxyl groups is 1. The van der Waals surface area contributed by atoms with Crippen LogP contribution in [0, 0.1) is 25.2 Å². The van der Waals surface area contributed by atoms with E-state index in [1.165, 1.54) is 0 Å². The molecule has 0 saturated heterocycles. The highest BCUT2D eigenvalue weighted by Gasteiger charge is 2.37. The Labute approximate surface area is 181 Å². The molecule has 1 fully saturated rings. The lowest BCUT2D eigenvalue weighted by atomic mass is 9.72. The Hall–Kier alpha value is -3.50. The summed E-state index contributed by atoms with van der Waals surface area (Å²) in [7, 11) is 0. The SMILES string of the molecule is Cc1ccc(-n2ncc(C(=O)Nc3ccc(C4(C#N)CCC(O)CC4)nc3)c2C)cc1. The van der Waals surface area contributed by atoms with Crippen LogP contribution in [0.15, 0.2) is 48.8 Å². The second-order valence-corrected chi connectivity index (χ2v) is 8.20. The van der Waals surface area contributed by atoms with Crippen LogP contribution in [0.4, 0.5) is 5.69 Å². The summed E-state index contributed by atoms with van der Waals surface area (Å²) in [6, 6.07) is 13.9. The maximum Gasteiger partial charge on any atom is 0.259 e. The molecule has 158 valence electrons. The number of aromatic nitrogens is 3. The Kier molecular flexibility index (Phi) is 5.57. The zero-order valence-corrected chi connectivity index (χ0v) is 17.7. The molecule has 2 aromatic heterocycles. The summed E-state index contributed by atoms with van der Waals surface area (Å²) in [6.45, 7) is 3.88. The normalized spacial score (nSPS) is 20.8. The monoisotopic (exact) mass is 415 g/mol. The topological polar surface area (TPSA) is 104 Å². The van der Waals surface area contributed by atoms with E-state index in [2.05, 4.69) is 21.5 Å². The van der Waals surface area contributed by atoms with Crippen molar-refractivity contribution in [2.75, 3.05) is 5.32 Å². The smallest absolute Gasteiger partial charge is 0.259 e. The number of amides is 1. The maximum atomic E-state index is 12.8. The predicted octanol–water partition coefficient (Wildman–Crippen LogP) is 3.83. The molecule has 0 aliphatic heterocycles. The van der Waals surface area contributed by atoms with Gasteiger partial charge in [0.2, 0.25) is 0 Å². The van der Waals surface area contributed by atoms with Gasteiger partial charge in [-0.05, 0) is 63.8 Å². The fraction of sp³-hybridized carbons (Fsp3) is 0.333. The Morgan fingerprint density at radius 3 is 2.48 bits per heavy atom. The molecule has 1 amide bonds.